The van der Waals surface area contributed by atoms with E-state index in [-0.39, 0.29) is 34.9 Å². The van der Waals surface area contributed by atoms with Gasteiger partial charge in [0.15, 0.2) is 17.3 Å². The molecule has 1 N–H and O–H groups in total. The Bertz CT molecular complexity index is 1730. The summed E-state index contributed by atoms with van der Waals surface area (Å²) in [5.74, 6) is 0.572. The smallest absolute Gasteiger partial charge is 0.377 e. The van der Waals surface area contributed by atoms with Gasteiger partial charge in [-0.2, -0.15) is 22.5 Å². The lowest BCUT2D eigenvalue weighted by Crippen LogP contribution is -2.22. The van der Waals surface area contributed by atoms with Gasteiger partial charge in [-0.3, -0.25) is 4.79 Å². The minimum absolute atomic E-state index is 0.0635. The van der Waals surface area contributed by atoms with Gasteiger partial charge in [0.2, 0.25) is 5.95 Å². The van der Waals surface area contributed by atoms with E-state index in [0.717, 1.165) is 0 Å². The Morgan fingerprint density at radius 3 is 2.56 bits per heavy atom. The highest BCUT2D eigenvalue weighted by Gasteiger charge is 2.29. The van der Waals surface area contributed by atoms with E-state index in [9.17, 15) is 22.2 Å². The van der Waals surface area contributed by atoms with Crippen LogP contribution in [-0.2, 0) is 22.7 Å². The number of anilines is 3. The Morgan fingerprint density at radius 1 is 1.18 bits per heavy atom. The van der Waals surface area contributed by atoms with Gasteiger partial charge in [-0.05, 0) is 35.9 Å². The highest BCUT2D eigenvalue weighted by molar-refractivity contribution is 7.92. The molecule has 4 aromatic rings. The summed E-state index contributed by atoms with van der Waals surface area (Å²) in [6, 6.07) is 9.50. The molecule has 0 fully saturated rings. The van der Waals surface area contributed by atoms with E-state index in [0.29, 0.717) is 17.2 Å². The average molecular weight is 561 g/mol. The van der Waals surface area contributed by atoms with Crippen molar-refractivity contribution in [3.8, 4) is 5.82 Å². The summed E-state index contributed by atoms with van der Waals surface area (Å²) in [5, 5.41) is 3.14. The molecule has 0 aliphatic carbocycles. The molecule has 0 amide bonds. The Morgan fingerprint density at radius 2 is 1.92 bits per heavy atom. The third-order valence-corrected chi connectivity index (χ3v) is 6.06. The van der Waals surface area contributed by atoms with Crippen LogP contribution in [0.3, 0.4) is 0 Å². The Balaban J connectivity index is 1.83. The summed E-state index contributed by atoms with van der Waals surface area (Å²) < 4.78 is 58.8. The molecule has 0 aliphatic rings. The van der Waals surface area contributed by atoms with Crippen molar-refractivity contribution in [1.82, 2.24) is 24.3 Å². The number of rotatable bonds is 8. The summed E-state index contributed by atoms with van der Waals surface area (Å²) in [5.41, 5.74) is 0.680. The lowest BCUT2D eigenvalue weighted by Gasteiger charge is -2.19. The van der Waals surface area contributed by atoms with Crippen molar-refractivity contribution < 1.29 is 17.4 Å². The van der Waals surface area contributed by atoms with Crippen molar-refractivity contribution in [3.05, 3.63) is 71.2 Å². The SMILES string of the molecule is C=CCn1c(=O)c2cnc(Nc3ccc(N(C)C)c(CC(F)(F)F)c3)nc2n1-c1cccc(N=S(C)(C)=O)n1. The number of alkyl halides is 3. The van der Waals surface area contributed by atoms with Gasteiger partial charge in [0, 0.05) is 53.9 Å². The maximum absolute atomic E-state index is 13.2. The first kappa shape index (κ1) is 27.8. The van der Waals surface area contributed by atoms with Crippen molar-refractivity contribution in [3.63, 3.8) is 0 Å². The topological polar surface area (TPSA) is 110 Å². The fraction of sp³-hybridized carbons (Fsp3) is 0.280. The van der Waals surface area contributed by atoms with E-state index in [4.69, 9.17) is 0 Å². The molecule has 14 heteroatoms. The molecule has 39 heavy (non-hydrogen) atoms. The van der Waals surface area contributed by atoms with Crippen molar-refractivity contribution in [2.45, 2.75) is 19.1 Å². The van der Waals surface area contributed by atoms with Crippen LogP contribution in [0.25, 0.3) is 16.9 Å². The number of nitrogens with zero attached hydrogens (tertiary/aromatic N) is 7. The number of nitrogens with one attached hydrogen (secondary N) is 1. The molecule has 0 radical (unpaired) electrons. The summed E-state index contributed by atoms with van der Waals surface area (Å²) in [6.07, 6.45) is 0.352. The Hall–Kier alpha value is -4.20. The summed E-state index contributed by atoms with van der Waals surface area (Å²) in [6.45, 7) is 3.84. The summed E-state index contributed by atoms with van der Waals surface area (Å²) >= 11 is 0. The zero-order chi connectivity index (χ0) is 28.5. The van der Waals surface area contributed by atoms with E-state index in [1.54, 1.807) is 49.3 Å². The quantitative estimate of drug-likeness (QED) is 0.317. The molecule has 3 aromatic heterocycles. The third kappa shape index (κ3) is 6.45. The first-order chi connectivity index (χ1) is 18.3. The number of hydrogen-bond donors (Lipinski definition) is 1. The molecule has 4 rings (SSSR count). The molecular weight excluding hydrogens is 533 g/mol. The number of pyridine rings is 1. The van der Waals surface area contributed by atoms with E-state index in [1.165, 1.54) is 40.2 Å². The fourth-order valence-electron chi connectivity index (χ4n) is 4.00. The second kappa shape index (κ2) is 10.5. The van der Waals surface area contributed by atoms with Crippen molar-refractivity contribution >= 4 is 43.9 Å². The molecule has 10 nitrogen and oxygen atoms in total. The molecule has 206 valence electrons. The first-order valence-corrected chi connectivity index (χ1v) is 14.0. The van der Waals surface area contributed by atoms with Crippen LogP contribution >= 0.6 is 0 Å². The molecule has 0 atom stereocenters. The summed E-state index contributed by atoms with van der Waals surface area (Å²) in [7, 11) is 0.848. The zero-order valence-corrected chi connectivity index (χ0v) is 22.5. The monoisotopic (exact) mass is 560 g/mol. The van der Waals surface area contributed by atoms with Gasteiger partial charge in [0.05, 0.1) is 13.0 Å². The van der Waals surface area contributed by atoms with Gasteiger partial charge in [-0.25, -0.2) is 23.5 Å². The maximum Gasteiger partial charge on any atom is 0.393 e. The predicted molar refractivity (Wildman–Crippen MR) is 147 cm³/mol. The normalized spacial score (nSPS) is 12.0. The molecule has 0 bridgehead atoms. The van der Waals surface area contributed by atoms with Gasteiger partial charge < -0.3 is 10.2 Å². The van der Waals surface area contributed by atoms with Crippen molar-refractivity contribution in [1.29, 1.82) is 0 Å². The lowest BCUT2D eigenvalue weighted by molar-refractivity contribution is -0.127. The Kier molecular flexibility index (Phi) is 7.50. The third-order valence-electron chi connectivity index (χ3n) is 5.44. The van der Waals surface area contributed by atoms with Gasteiger partial charge in [0.1, 0.15) is 5.39 Å². The van der Waals surface area contributed by atoms with Crippen LogP contribution in [0.2, 0.25) is 0 Å². The van der Waals surface area contributed by atoms with Crippen molar-refractivity contribution in [2.24, 2.45) is 4.36 Å². The fourth-order valence-corrected chi connectivity index (χ4v) is 4.55. The molecule has 0 spiro atoms. The minimum Gasteiger partial charge on any atom is -0.377 e. The average Bonchev–Trinajstić information content (AvgIpc) is 3.08. The van der Waals surface area contributed by atoms with Crippen LogP contribution in [0.4, 0.5) is 36.3 Å². The molecule has 0 saturated heterocycles. The van der Waals surface area contributed by atoms with Crippen LogP contribution in [0, 0.1) is 0 Å². The van der Waals surface area contributed by atoms with Crippen LogP contribution in [0.5, 0.6) is 0 Å². The number of hydrogen-bond acceptors (Lipinski definition) is 8. The van der Waals surface area contributed by atoms with E-state index in [2.05, 4.69) is 31.2 Å². The van der Waals surface area contributed by atoms with Crippen LogP contribution in [-0.4, -0.2) is 61.3 Å². The Labute approximate surface area is 223 Å². The number of benzene rings is 1. The van der Waals surface area contributed by atoms with Gasteiger partial charge >= 0.3 is 6.18 Å². The number of halogens is 3. The first-order valence-electron chi connectivity index (χ1n) is 11.6. The van der Waals surface area contributed by atoms with Gasteiger partial charge in [-0.15, -0.1) is 6.58 Å². The van der Waals surface area contributed by atoms with Crippen LogP contribution in [0.15, 0.2) is 64.4 Å². The molecule has 1 aromatic carbocycles. The van der Waals surface area contributed by atoms with E-state index >= 15 is 0 Å². The van der Waals surface area contributed by atoms with E-state index in [1.807, 2.05) is 0 Å². The van der Waals surface area contributed by atoms with Gasteiger partial charge in [-0.1, -0.05) is 12.1 Å². The zero-order valence-electron chi connectivity index (χ0n) is 21.7. The second-order valence-electron chi connectivity index (χ2n) is 9.20. The highest BCUT2D eigenvalue weighted by Crippen LogP contribution is 2.31. The van der Waals surface area contributed by atoms with Crippen molar-refractivity contribution in [2.75, 3.05) is 36.8 Å². The largest absolute Gasteiger partial charge is 0.393 e. The maximum atomic E-state index is 13.2. The molecular formula is C25H27F3N8O2S. The molecule has 0 unspecified atom stereocenters. The number of allylic oxidation sites excluding steroid dienone is 1. The predicted octanol–water partition coefficient (Wildman–Crippen LogP) is 4.44. The number of aromatic nitrogens is 5. The molecule has 0 aliphatic heterocycles. The molecule has 0 saturated carbocycles. The van der Waals surface area contributed by atoms with Crippen LogP contribution < -0.4 is 15.8 Å². The lowest BCUT2D eigenvalue weighted by atomic mass is 10.1. The second-order valence-corrected chi connectivity index (χ2v) is 11.7. The standard InChI is InChI=1S/C25H27F3N8O2S/c1-6-12-35-23(37)18-15-29-24(30-17-10-11-19(34(2)3)16(13-17)14-25(26,27)28)32-22(18)36(35)21-9-7-8-20(31-21)33-39(4,5)38/h6-11,13,15H,1,12,14H2,2-5H3,(H,29,30,32). The number of fused-ring (bicyclic) bond motifs is 1. The molecule has 3 heterocycles. The van der Waals surface area contributed by atoms with Gasteiger partial charge in [0.25, 0.3) is 5.56 Å². The summed E-state index contributed by atoms with van der Waals surface area (Å²) in [4.78, 5) is 27.9. The minimum atomic E-state index is -4.39. The van der Waals surface area contributed by atoms with Crippen LogP contribution in [0.1, 0.15) is 5.56 Å². The van der Waals surface area contributed by atoms with E-state index < -0.39 is 27.9 Å². The highest BCUT2D eigenvalue weighted by atomic mass is 32.2.